The Bertz CT molecular complexity index is 2970. The van der Waals surface area contributed by atoms with Crippen LogP contribution in [-0.4, -0.2) is 4.57 Å². The third kappa shape index (κ3) is 6.89. The molecule has 0 spiro atoms. The van der Waals surface area contributed by atoms with E-state index in [1.165, 1.54) is 77.8 Å². The fraction of sp³-hybridized carbons (Fsp3) is 0.0345. The van der Waals surface area contributed by atoms with E-state index in [1.54, 1.807) is 0 Å². The van der Waals surface area contributed by atoms with Crippen LogP contribution in [0.5, 0.6) is 0 Å². The largest absolute Gasteiger partial charge is 0.310 e. The number of hydrogen-bond acceptors (Lipinski definition) is 1. The van der Waals surface area contributed by atoms with Gasteiger partial charge in [-0.1, -0.05) is 176 Å². The lowest BCUT2D eigenvalue weighted by molar-refractivity contribution is 1.13. The lowest BCUT2D eigenvalue weighted by Crippen LogP contribution is -2.10. The molecule has 0 unspecified atom stereocenters. The first-order chi connectivity index (χ1) is 29.6. The van der Waals surface area contributed by atoms with Crippen LogP contribution in [0, 0.1) is 13.8 Å². The molecule has 10 aromatic rings. The minimum Gasteiger partial charge on any atom is -0.310 e. The topological polar surface area (TPSA) is 8.17 Å². The van der Waals surface area contributed by atoms with Crippen LogP contribution in [0.15, 0.2) is 231 Å². The van der Waals surface area contributed by atoms with Crippen molar-refractivity contribution < 1.29 is 0 Å². The second-order valence-electron chi connectivity index (χ2n) is 15.5. The Hall–Kier alpha value is -7.68. The predicted molar refractivity (Wildman–Crippen MR) is 255 cm³/mol. The molecular formula is C58H44N2. The van der Waals surface area contributed by atoms with Gasteiger partial charge in [0.25, 0.3) is 0 Å². The average molecular weight is 769 g/mol. The zero-order valence-corrected chi connectivity index (χ0v) is 33.8. The monoisotopic (exact) mass is 768 g/mol. The third-order valence-corrected chi connectivity index (χ3v) is 11.7. The Labute approximate surface area is 352 Å². The van der Waals surface area contributed by atoms with Crippen molar-refractivity contribution in [3.8, 4) is 61.5 Å². The van der Waals surface area contributed by atoms with E-state index in [0.717, 1.165) is 22.7 Å². The molecule has 0 fully saturated rings. The third-order valence-electron chi connectivity index (χ3n) is 11.7. The van der Waals surface area contributed by atoms with Crippen molar-refractivity contribution in [1.82, 2.24) is 4.57 Å². The quantitative estimate of drug-likeness (QED) is 0.142. The molecule has 60 heavy (non-hydrogen) atoms. The number of aromatic nitrogens is 1. The summed E-state index contributed by atoms with van der Waals surface area (Å²) in [6, 6.07) is 83.2. The number of hydrogen-bond donors (Lipinski definition) is 0. The summed E-state index contributed by atoms with van der Waals surface area (Å²) in [7, 11) is 0. The van der Waals surface area contributed by atoms with Crippen LogP contribution in [0.4, 0.5) is 17.1 Å². The Morgan fingerprint density at radius 2 is 0.750 bits per heavy atom. The van der Waals surface area contributed by atoms with Crippen molar-refractivity contribution in [2.45, 2.75) is 13.8 Å². The van der Waals surface area contributed by atoms with Crippen LogP contribution < -0.4 is 4.90 Å². The molecule has 0 saturated heterocycles. The number of nitrogens with zero attached hydrogens (tertiary/aromatic N) is 2. The minimum atomic E-state index is 1.11. The van der Waals surface area contributed by atoms with Crippen LogP contribution in [0.1, 0.15) is 11.1 Å². The van der Waals surface area contributed by atoms with Crippen molar-refractivity contribution in [1.29, 1.82) is 0 Å². The smallest absolute Gasteiger partial charge is 0.0619 e. The van der Waals surface area contributed by atoms with Gasteiger partial charge in [0.05, 0.1) is 11.2 Å². The molecule has 0 bridgehead atoms. The van der Waals surface area contributed by atoms with Crippen molar-refractivity contribution in [3.05, 3.63) is 242 Å². The van der Waals surface area contributed by atoms with Gasteiger partial charge < -0.3 is 9.47 Å². The SMILES string of the molecule is Cc1cc(N(c2ccc(-c3ccccc3)cc2)c2ccc(-c3ccccc3)cc2)ccc1-c1ccc(-n2c(-c3ccccc3)c(-c3ccccc3)c3ccccc32)cc1C. The van der Waals surface area contributed by atoms with Gasteiger partial charge in [-0.15, -0.1) is 0 Å². The van der Waals surface area contributed by atoms with Gasteiger partial charge >= 0.3 is 0 Å². The molecule has 0 N–H and O–H groups in total. The lowest BCUT2D eigenvalue weighted by atomic mass is 9.95. The van der Waals surface area contributed by atoms with Gasteiger partial charge in [0.15, 0.2) is 0 Å². The Morgan fingerprint density at radius 3 is 1.27 bits per heavy atom. The highest BCUT2D eigenvalue weighted by Crippen LogP contribution is 2.44. The van der Waals surface area contributed by atoms with Crippen LogP contribution in [-0.2, 0) is 0 Å². The molecule has 1 heterocycles. The number of aryl methyl sites for hydroxylation is 2. The zero-order chi connectivity index (χ0) is 40.4. The molecule has 2 nitrogen and oxygen atoms in total. The van der Waals surface area contributed by atoms with E-state index in [4.69, 9.17) is 0 Å². The normalized spacial score (nSPS) is 11.2. The summed E-state index contributed by atoms with van der Waals surface area (Å²) in [6.45, 7) is 4.48. The van der Waals surface area contributed by atoms with Crippen molar-refractivity contribution >= 4 is 28.0 Å². The molecule has 0 aliphatic carbocycles. The number of rotatable bonds is 9. The first-order valence-electron chi connectivity index (χ1n) is 20.7. The summed E-state index contributed by atoms with van der Waals surface area (Å²) in [5.41, 5.74) is 20.2. The van der Waals surface area contributed by atoms with E-state index in [1.807, 2.05) is 0 Å². The summed E-state index contributed by atoms with van der Waals surface area (Å²) in [6.07, 6.45) is 0. The van der Waals surface area contributed by atoms with E-state index in [0.29, 0.717) is 0 Å². The molecule has 0 aliphatic heterocycles. The Kier molecular flexibility index (Phi) is 9.73. The number of anilines is 3. The number of fused-ring (bicyclic) bond motifs is 1. The maximum atomic E-state index is 2.45. The molecule has 10 rings (SSSR count). The van der Waals surface area contributed by atoms with E-state index in [9.17, 15) is 0 Å². The van der Waals surface area contributed by atoms with Crippen molar-refractivity contribution in [2.75, 3.05) is 4.90 Å². The van der Waals surface area contributed by atoms with Crippen LogP contribution in [0.25, 0.3) is 72.4 Å². The summed E-state index contributed by atoms with van der Waals surface area (Å²) in [5, 5.41) is 1.24. The van der Waals surface area contributed by atoms with E-state index < -0.39 is 0 Å². The molecule has 0 aliphatic rings. The highest BCUT2D eigenvalue weighted by atomic mass is 15.1. The van der Waals surface area contributed by atoms with Gasteiger partial charge in [-0.2, -0.15) is 0 Å². The number of benzene rings is 9. The summed E-state index contributed by atoms with van der Waals surface area (Å²) < 4.78 is 2.45. The molecule has 0 atom stereocenters. The Balaban J connectivity index is 1.05. The van der Waals surface area contributed by atoms with Gasteiger partial charge in [-0.25, -0.2) is 0 Å². The van der Waals surface area contributed by atoms with Gasteiger partial charge in [-0.05, 0) is 124 Å². The molecular weight excluding hydrogens is 725 g/mol. The van der Waals surface area contributed by atoms with Crippen molar-refractivity contribution in [2.24, 2.45) is 0 Å². The highest BCUT2D eigenvalue weighted by molar-refractivity contribution is 6.05. The van der Waals surface area contributed by atoms with Crippen LogP contribution in [0.2, 0.25) is 0 Å². The number of para-hydroxylation sites is 1. The molecule has 0 radical (unpaired) electrons. The zero-order valence-electron chi connectivity index (χ0n) is 33.8. The first kappa shape index (κ1) is 36.6. The predicted octanol–water partition coefficient (Wildman–Crippen LogP) is 16.1. The van der Waals surface area contributed by atoms with Gasteiger partial charge in [0, 0.05) is 33.7 Å². The summed E-state index contributed by atoms with van der Waals surface area (Å²) in [4.78, 5) is 2.36. The molecule has 0 amide bonds. The van der Waals surface area contributed by atoms with E-state index in [2.05, 4.69) is 254 Å². The molecule has 0 saturated carbocycles. The maximum Gasteiger partial charge on any atom is 0.0619 e. The lowest BCUT2D eigenvalue weighted by Gasteiger charge is -2.27. The Morgan fingerprint density at radius 1 is 0.333 bits per heavy atom. The maximum absolute atomic E-state index is 2.45. The average Bonchev–Trinajstić information content (AvgIpc) is 3.66. The van der Waals surface area contributed by atoms with Gasteiger partial charge in [0.2, 0.25) is 0 Å². The second-order valence-corrected chi connectivity index (χ2v) is 15.5. The fourth-order valence-electron chi connectivity index (χ4n) is 8.77. The van der Waals surface area contributed by atoms with E-state index >= 15 is 0 Å². The van der Waals surface area contributed by atoms with Crippen LogP contribution in [0.3, 0.4) is 0 Å². The minimum absolute atomic E-state index is 1.11. The van der Waals surface area contributed by atoms with Crippen molar-refractivity contribution in [3.63, 3.8) is 0 Å². The summed E-state index contributed by atoms with van der Waals surface area (Å²) >= 11 is 0. The molecule has 286 valence electrons. The van der Waals surface area contributed by atoms with Gasteiger partial charge in [0.1, 0.15) is 0 Å². The van der Waals surface area contributed by atoms with E-state index in [-0.39, 0.29) is 0 Å². The first-order valence-corrected chi connectivity index (χ1v) is 20.7. The van der Waals surface area contributed by atoms with Gasteiger partial charge in [-0.3, -0.25) is 0 Å². The fourth-order valence-corrected chi connectivity index (χ4v) is 8.77. The second kappa shape index (κ2) is 15.9. The standard InChI is InChI=1S/C58H44N2/c1-41-39-51(59(49-31-27-45(28-32-49)43-17-7-3-8-18-43)50-33-29-46(30-34-50)44-19-9-4-10-20-44)35-37-53(41)54-38-36-52(40-42(54)2)60-56-26-16-15-25-55(56)57(47-21-11-5-12-22-47)58(60)48-23-13-6-14-24-48/h3-40H,1-2H3. The van der Waals surface area contributed by atoms with Crippen LogP contribution >= 0.6 is 0 Å². The molecule has 1 aromatic heterocycles. The highest BCUT2D eigenvalue weighted by Gasteiger charge is 2.22. The summed E-state index contributed by atoms with van der Waals surface area (Å²) in [5.74, 6) is 0. The molecule has 9 aromatic carbocycles. The molecule has 2 heteroatoms.